The normalized spacial score (nSPS) is 16.4. The van der Waals surface area contributed by atoms with E-state index in [4.69, 9.17) is 27.6 Å². The van der Waals surface area contributed by atoms with Crippen LogP contribution in [-0.2, 0) is 24.7 Å². The van der Waals surface area contributed by atoms with Crippen LogP contribution in [0.3, 0.4) is 0 Å². The number of furan rings is 1. The van der Waals surface area contributed by atoms with Gasteiger partial charge in [0.25, 0.3) is 0 Å². The minimum Gasteiger partial charge on any atom is -0.440 e. The molecule has 0 bridgehead atoms. The first-order chi connectivity index (χ1) is 15.9. The molecule has 1 atom stereocenters. The maximum atomic E-state index is 13.1. The lowest BCUT2D eigenvalue weighted by Gasteiger charge is -2.22. The van der Waals surface area contributed by atoms with E-state index in [1.54, 1.807) is 0 Å². The largest absolute Gasteiger partial charge is 0.440 e. The maximum absolute atomic E-state index is 13.1. The third kappa shape index (κ3) is 4.88. The van der Waals surface area contributed by atoms with Crippen LogP contribution in [0.2, 0.25) is 5.15 Å². The number of amides is 2. The van der Waals surface area contributed by atoms with E-state index in [1.165, 1.54) is 0 Å². The fourth-order valence-electron chi connectivity index (χ4n) is 3.77. The molecule has 0 aliphatic heterocycles. The SMILES string of the molecule is O=C(Nc1cc(C(F)(F)F)cc(C(F)(F)F)c1)NC1CCCc2c1oc1nc(CCl)nc(Cl)c21. The fourth-order valence-corrected chi connectivity index (χ4v) is 4.18. The van der Waals surface area contributed by atoms with Crippen molar-refractivity contribution in [3.05, 3.63) is 51.6 Å². The van der Waals surface area contributed by atoms with Gasteiger partial charge in [-0.05, 0) is 37.5 Å². The molecule has 14 heteroatoms. The first-order valence-electron chi connectivity index (χ1n) is 9.77. The lowest BCUT2D eigenvalue weighted by atomic mass is 9.93. The van der Waals surface area contributed by atoms with Crippen LogP contribution in [-0.4, -0.2) is 16.0 Å². The number of carbonyl (C=O) groups is 1. The molecule has 1 aromatic carbocycles. The van der Waals surface area contributed by atoms with Crippen molar-refractivity contribution in [3.8, 4) is 0 Å². The predicted octanol–water partition coefficient (Wildman–Crippen LogP) is 6.85. The number of aryl methyl sites for hydroxylation is 1. The minimum atomic E-state index is -5.04. The molecule has 1 aliphatic rings. The quantitative estimate of drug-likeness (QED) is 0.222. The Hall–Kier alpha value is -2.73. The molecular formula is C20H14Cl2F6N4O2. The predicted molar refractivity (Wildman–Crippen MR) is 111 cm³/mol. The van der Waals surface area contributed by atoms with Crippen molar-refractivity contribution in [1.82, 2.24) is 15.3 Å². The molecule has 0 radical (unpaired) electrons. The number of alkyl halides is 7. The average molecular weight is 527 g/mol. The number of benzene rings is 1. The summed E-state index contributed by atoms with van der Waals surface area (Å²) in [6.07, 6.45) is -8.52. The summed E-state index contributed by atoms with van der Waals surface area (Å²) >= 11 is 12.0. The number of nitrogens with zero attached hydrogens (tertiary/aromatic N) is 2. The van der Waals surface area contributed by atoms with Crippen LogP contribution in [0.5, 0.6) is 0 Å². The van der Waals surface area contributed by atoms with Crippen LogP contribution in [0.15, 0.2) is 22.6 Å². The molecule has 1 aliphatic carbocycles. The lowest BCUT2D eigenvalue weighted by molar-refractivity contribution is -0.143. The summed E-state index contributed by atoms with van der Waals surface area (Å²) in [6.45, 7) is 0. The molecule has 0 spiro atoms. The highest BCUT2D eigenvalue weighted by Gasteiger charge is 2.37. The standard InChI is InChI=1S/C20H14Cl2F6N4O2/c21-7-13-31-16(22)14-11-2-1-3-12(15(11)34-17(14)32-13)30-18(33)29-10-5-8(19(23,24)25)4-9(6-10)20(26,27)28/h4-6,12H,1-3,7H2,(H2,29,30,33). The first kappa shape index (κ1) is 24.4. The van der Waals surface area contributed by atoms with Crippen LogP contribution in [0.25, 0.3) is 11.1 Å². The zero-order valence-electron chi connectivity index (χ0n) is 16.9. The van der Waals surface area contributed by atoms with E-state index in [2.05, 4.69) is 15.3 Å². The summed E-state index contributed by atoms with van der Waals surface area (Å²) in [5.74, 6) is 0.555. The molecule has 2 aromatic heterocycles. The third-order valence-electron chi connectivity index (χ3n) is 5.19. The number of urea groups is 1. The second-order valence-corrected chi connectivity index (χ2v) is 8.15. The van der Waals surface area contributed by atoms with Gasteiger partial charge in [0.2, 0.25) is 5.71 Å². The summed E-state index contributed by atoms with van der Waals surface area (Å²) in [5, 5.41) is 5.16. The van der Waals surface area contributed by atoms with E-state index >= 15 is 0 Å². The van der Waals surface area contributed by atoms with Gasteiger partial charge in [-0.25, -0.2) is 9.78 Å². The van der Waals surface area contributed by atoms with Gasteiger partial charge in [0, 0.05) is 11.3 Å². The average Bonchev–Trinajstić information content (AvgIpc) is 3.12. The highest BCUT2D eigenvalue weighted by atomic mass is 35.5. The van der Waals surface area contributed by atoms with Crippen molar-refractivity contribution in [2.45, 2.75) is 43.5 Å². The van der Waals surface area contributed by atoms with Gasteiger partial charge in [-0.2, -0.15) is 31.3 Å². The highest BCUT2D eigenvalue weighted by Crippen LogP contribution is 2.40. The molecule has 1 unspecified atom stereocenters. The minimum absolute atomic E-state index is 0.0119. The van der Waals surface area contributed by atoms with Gasteiger partial charge in [0.1, 0.15) is 16.7 Å². The van der Waals surface area contributed by atoms with Gasteiger partial charge in [-0.15, -0.1) is 11.6 Å². The number of aromatic nitrogens is 2. The number of halogens is 8. The summed E-state index contributed by atoms with van der Waals surface area (Å²) in [4.78, 5) is 20.7. The van der Waals surface area contributed by atoms with E-state index in [9.17, 15) is 31.1 Å². The molecule has 34 heavy (non-hydrogen) atoms. The van der Waals surface area contributed by atoms with E-state index < -0.39 is 41.2 Å². The second kappa shape index (κ2) is 8.81. The summed E-state index contributed by atoms with van der Waals surface area (Å²) in [7, 11) is 0. The molecule has 182 valence electrons. The van der Waals surface area contributed by atoms with Crippen LogP contribution >= 0.6 is 23.2 Å². The molecule has 4 rings (SSSR count). The molecule has 6 nitrogen and oxygen atoms in total. The molecule has 0 saturated carbocycles. The van der Waals surface area contributed by atoms with Gasteiger partial charge < -0.3 is 15.1 Å². The Labute approximate surface area is 197 Å². The number of hydrogen-bond donors (Lipinski definition) is 2. The molecule has 2 heterocycles. The Morgan fingerprint density at radius 1 is 1.09 bits per heavy atom. The Bertz CT molecular complexity index is 1230. The van der Waals surface area contributed by atoms with Crippen molar-refractivity contribution >= 4 is 46.0 Å². The van der Waals surface area contributed by atoms with Crippen molar-refractivity contribution in [2.24, 2.45) is 0 Å². The monoisotopic (exact) mass is 526 g/mol. The number of hydrogen-bond acceptors (Lipinski definition) is 4. The number of nitrogens with one attached hydrogen (secondary N) is 2. The number of fused-ring (bicyclic) bond motifs is 3. The zero-order chi connectivity index (χ0) is 24.8. The fraction of sp³-hybridized carbons (Fsp3) is 0.350. The first-order valence-corrected chi connectivity index (χ1v) is 10.7. The van der Waals surface area contributed by atoms with Crippen LogP contribution in [0.1, 0.15) is 47.2 Å². The maximum Gasteiger partial charge on any atom is 0.416 e. The number of rotatable bonds is 3. The van der Waals surface area contributed by atoms with Gasteiger partial charge >= 0.3 is 18.4 Å². The van der Waals surface area contributed by atoms with Crippen molar-refractivity contribution < 1.29 is 35.6 Å². The van der Waals surface area contributed by atoms with Gasteiger partial charge in [0.15, 0.2) is 0 Å². The second-order valence-electron chi connectivity index (χ2n) is 7.53. The molecule has 2 amide bonds. The third-order valence-corrected chi connectivity index (χ3v) is 5.70. The zero-order valence-corrected chi connectivity index (χ0v) is 18.4. The van der Waals surface area contributed by atoms with E-state index in [1.807, 2.05) is 5.32 Å². The molecule has 3 aromatic rings. The van der Waals surface area contributed by atoms with E-state index in [0.29, 0.717) is 48.1 Å². The van der Waals surface area contributed by atoms with Crippen LogP contribution in [0, 0.1) is 0 Å². The molecule has 2 N–H and O–H groups in total. The van der Waals surface area contributed by atoms with Gasteiger partial charge in [-0.1, -0.05) is 11.6 Å². The van der Waals surface area contributed by atoms with E-state index in [-0.39, 0.29) is 28.6 Å². The van der Waals surface area contributed by atoms with Crippen molar-refractivity contribution in [2.75, 3.05) is 5.32 Å². The van der Waals surface area contributed by atoms with Crippen LogP contribution in [0.4, 0.5) is 36.8 Å². The Morgan fingerprint density at radius 3 is 2.32 bits per heavy atom. The summed E-state index contributed by atoms with van der Waals surface area (Å²) in [6, 6.07) is -0.910. The highest BCUT2D eigenvalue weighted by molar-refractivity contribution is 6.34. The van der Waals surface area contributed by atoms with Gasteiger partial charge in [-0.3, -0.25) is 0 Å². The summed E-state index contributed by atoms with van der Waals surface area (Å²) in [5.41, 5.74) is -2.92. The Balaban J connectivity index is 1.60. The van der Waals surface area contributed by atoms with Crippen molar-refractivity contribution in [1.29, 1.82) is 0 Å². The molecular weight excluding hydrogens is 513 g/mol. The number of carbonyl (C=O) groups excluding carboxylic acids is 1. The van der Waals surface area contributed by atoms with E-state index in [0.717, 1.165) is 0 Å². The number of anilines is 1. The Kier molecular flexibility index (Phi) is 6.32. The summed E-state index contributed by atoms with van der Waals surface area (Å²) < 4.78 is 84.1. The smallest absolute Gasteiger partial charge is 0.416 e. The molecule has 0 fully saturated rings. The topological polar surface area (TPSA) is 80.0 Å². The van der Waals surface area contributed by atoms with Crippen molar-refractivity contribution in [3.63, 3.8) is 0 Å². The van der Waals surface area contributed by atoms with Gasteiger partial charge in [0.05, 0.1) is 28.4 Å². The lowest BCUT2D eigenvalue weighted by Crippen LogP contribution is -2.34. The Morgan fingerprint density at radius 2 is 1.74 bits per heavy atom. The molecule has 0 saturated heterocycles. The van der Waals surface area contributed by atoms with Crippen LogP contribution < -0.4 is 10.6 Å².